The van der Waals surface area contributed by atoms with Crippen molar-refractivity contribution < 1.29 is 4.79 Å². The van der Waals surface area contributed by atoms with Crippen molar-refractivity contribution in [1.29, 1.82) is 0 Å². The second-order valence-corrected chi connectivity index (χ2v) is 2.73. The molecule has 3 heteroatoms. The van der Waals surface area contributed by atoms with Crippen LogP contribution in [0.3, 0.4) is 0 Å². The van der Waals surface area contributed by atoms with Crippen LogP contribution in [0.2, 0.25) is 0 Å². The Hall–Kier alpha value is -0.730. The van der Waals surface area contributed by atoms with Crippen LogP contribution in [0.4, 0.5) is 4.79 Å². The molecule has 0 atom stereocenters. The molecule has 1 fully saturated rings. The van der Waals surface area contributed by atoms with Gasteiger partial charge in [0, 0.05) is 0 Å². The van der Waals surface area contributed by atoms with Crippen molar-refractivity contribution in [2.45, 2.75) is 38.1 Å². The van der Waals surface area contributed by atoms with Crippen molar-refractivity contribution in [2.75, 3.05) is 0 Å². The summed E-state index contributed by atoms with van der Waals surface area (Å²) in [5, 5.41) is 3.66. The summed E-state index contributed by atoms with van der Waals surface area (Å²) in [6.45, 7) is 0. The maximum atomic E-state index is 10.2. The van der Waals surface area contributed by atoms with E-state index in [1.807, 2.05) is 0 Å². The van der Waals surface area contributed by atoms with Crippen LogP contribution in [0.15, 0.2) is 0 Å². The quantitative estimate of drug-likeness (QED) is 0.542. The monoisotopic (exact) mass is 140 g/mol. The maximum absolute atomic E-state index is 10.2. The number of rotatable bonds is 1. The van der Waals surface area contributed by atoms with Crippen molar-refractivity contribution >= 4 is 6.03 Å². The van der Waals surface area contributed by atoms with Crippen molar-refractivity contribution in [3.05, 3.63) is 0 Å². The van der Waals surface area contributed by atoms with Crippen LogP contribution in [0.25, 0.3) is 0 Å². The molecule has 0 saturated heterocycles. The molecule has 1 aliphatic rings. The molecule has 56 valence electrons. The molecule has 2 amide bonds. The molecule has 0 aromatic rings. The first-order valence-electron chi connectivity index (χ1n) is 3.75. The van der Waals surface area contributed by atoms with Gasteiger partial charge in [-0.25, -0.2) is 15.8 Å². The Bertz CT molecular complexity index is 119. The van der Waals surface area contributed by atoms with Gasteiger partial charge in [-0.3, -0.25) is 0 Å². The van der Waals surface area contributed by atoms with E-state index >= 15 is 0 Å². The van der Waals surface area contributed by atoms with Crippen LogP contribution in [-0.2, 0) is 0 Å². The Kier molecular flexibility index (Phi) is 2.54. The van der Waals surface area contributed by atoms with Crippen LogP contribution < -0.4 is 11.1 Å². The number of nitrogens with one attached hydrogen (secondary N) is 1. The number of nitrogens with zero attached hydrogens (tertiary/aromatic N) is 1. The lowest BCUT2D eigenvalue weighted by molar-refractivity contribution is 0.238. The van der Waals surface area contributed by atoms with Gasteiger partial charge in [-0.2, -0.15) is 0 Å². The third-order valence-electron chi connectivity index (χ3n) is 1.87. The van der Waals surface area contributed by atoms with Gasteiger partial charge in [0.1, 0.15) is 0 Å². The standard InChI is InChI=1S/C7H12N2O/c8-7(10)9-6-4-2-1-3-5-6/h6,8H,1-5H2. The highest BCUT2D eigenvalue weighted by atomic mass is 16.2. The molecule has 1 rings (SSSR count). The summed E-state index contributed by atoms with van der Waals surface area (Å²) in [4.78, 5) is 10.2. The molecular weight excluding hydrogens is 128 g/mol. The molecular formula is C7H12N2O. The van der Waals surface area contributed by atoms with E-state index in [-0.39, 0.29) is 6.04 Å². The van der Waals surface area contributed by atoms with Crippen LogP contribution in [0.5, 0.6) is 0 Å². The fourth-order valence-corrected chi connectivity index (χ4v) is 1.38. The lowest BCUT2D eigenvalue weighted by atomic mass is 9.96. The Morgan fingerprint density at radius 1 is 1.30 bits per heavy atom. The largest absolute Gasteiger partial charge is 0.355 e. The fourth-order valence-electron chi connectivity index (χ4n) is 1.38. The molecule has 0 aromatic carbocycles. The van der Waals surface area contributed by atoms with Gasteiger partial charge in [-0.1, -0.05) is 19.3 Å². The Labute approximate surface area is 61.0 Å². The molecule has 2 radical (unpaired) electrons. The minimum Gasteiger partial charge on any atom is -0.246 e. The van der Waals surface area contributed by atoms with Gasteiger partial charge in [-0.15, -0.1) is 0 Å². The van der Waals surface area contributed by atoms with Gasteiger partial charge in [0.15, 0.2) is 0 Å². The average Bonchev–Trinajstić information content (AvgIpc) is 1.88. The predicted molar refractivity (Wildman–Crippen MR) is 37.5 cm³/mol. The lowest BCUT2D eigenvalue weighted by Gasteiger charge is -2.18. The summed E-state index contributed by atoms with van der Waals surface area (Å²) in [6, 6.07) is -0.592. The van der Waals surface area contributed by atoms with Crippen molar-refractivity contribution in [2.24, 2.45) is 0 Å². The highest BCUT2D eigenvalue weighted by Crippen LogP contribution is 2.17. The van der Waals surface area contributed by atoms with E-state index in [0.29, 0.717) is 0 Å². The number of carbonyl (C=O) groups is 1. The second kappa shape index (κ2) is 3.44. The first kappa shape index (κ1) is 7.38. The molecule has 0 heterocycles. The summed E-state index contributed by atoms with van der Waals surface area (Å²) in [5.41, 5.74) is 6.61. The van der Waals surface area contributed by atoms with Gasteiger partial charge in [-0.05, 0) is 12.8 Å². The highest BCUT2D eigenvalue weighted by molar-refractivity contribution is 5.70. The molecule has 0 aliphatic heterocycles. The summed E-state index contributed by atoms with van der Waals surface area (Å²) < 4.78 is 0. The smallest absolute Gasteiger partial charge is 0.246 e. The molecule has 0 aromatic heterocycles. The van der Waals surface area contributed by atoms with Crippen LogP contribution in [0.1, 0.15) is 32.1 Å². The third-order valence-corrected chi connectivity index (χ3v) is 1.87. The van der Waals surface area contributed by atoms with E-state index < -0.39 is 6.03 Å². The fraction of sp³-hybridized carbons (Fsp3) is 0.857. The normalized spacial score (nSPS) is 20.4. The van der Waals surface area contributed by atoms with Crippen LogP contribution in [-0.4, -0.2) is 12.1 Å². The summed E-state index contributed by atoms with van der Waals surface area (Å²) in [5.74, 6) is 0. The van der Waals surface area contributed by atoms with Crippen molar-refractivity contribution in [1.82, 2.24) is 11.1 Å². The molecule has 0 unspecified atom stereocenters. The highest BCUT2D eigenvalue weighted by Gasteiger charge is 2.15. The molecule has 0 spiro atoms. The van der Waals surface area contributed by atoms with Gasteiger partial charge in [0.25, 0.3) is 0 Å². The zero-order chi connectivity index (χ0) is 7.40. The Morgan fingerprint density at radius 3 is 2.40 bits per heavy atom. The SMILES string of the molecule is [NH]C(=O)[N]C1CCCCC1. The number of urea groups is 1. The lowest BCUT2D eigenvalue weighted by Crippen LogP contribution is -2.29. The summed E-state index contributed by atoms with van der Waals surface area (Å²) in [7, 11) is 0. The minimum atomic E-state index is -0.757. The number of amides is 2. The molecule has 1 N–H and O–H groups in total. The third kappa shape index (κ3) is 2.25. The van der Waals surface area contributed by atoms with E-state index in [1.165, 1.54) is 19.3 Å². The van der Waals surface area contributed by atoms with Crippen LogP contribution >= 0.6 is 0 Å². The van der Waals surface area contributed by atoms with Gasteiger partial charge >= 0.3 is 6.03 Å². The zero-order valence-electron chi connectivity index (χ0n) is 5.97. The Balaban J connectivity index is 2.19. The number of carbonyl (C=O) groups excluding carboxylic acids is 1. The summed E-state index contributed by atoms with van der Waals surface area (Å²) in [6.07, 6.45) is 5.61. The molecule has 10 heavy (non-hydrogen) atoms. The minimum absolute atomic E-state index is 0.166. The van der Waals surface area contributed by atoms with E-state index in [4.69, 9.17) is 5.73 Å². The second-order valence-electron chi connectivity index (χ2n) is 2.73. The first-order chi connectivity index (χ1) is 4.79. The molecule has 0 bridgehead atoms. The van der Waals surface area contributed by atoms with Crippen LogP contribution in [0, 0.1) is 0 Å². The Morgan fingerprint density at radius 2 is 1.90 bits per heavy atom. The average molecular weight is 140 g/mol. The first-order valence-corrected chi connectivity index (χ1v) is 3.75. The predicted octanol–water partition coefficient (Wildman–Crippen LogP) is 1.33. The van der Waals surface area contributed by atoms with Gasteiger partial charge in [0.2, 0.25) is 0 Å². The van der Waals surface area contributed by atoms with Crippen molar-refractivity contribution in [3.63, 3.8) is 0 Å². The van der Waals surface area contributed by atoms with E-state index in [0.717, 1.165) is 12.8 Å². The van der Waals surface area contributed by atoms with Crippen molar-refractivity contribution in [3.8, 4) is 0 Å². The topological polar surface area (TPSA) is 55.0 Å². The maximum Gasteiger partial charge on any atom is 0.355 e. The summed E-state index contributed by atoms with van der Waals surface area (Å²) >= 11 is 0. The molecule has 1 saturated carbocycles. The number of hydrogen-bond donors (Lipinski definition) is 0. The van der Waals surface area contributed by atoms with E-state index in [2.05, 4.69) is 5.32 Å². The molecule has 3 nitrogen and oxygen atoms in total. The van der Waals surface area contributed by atoms with E-state index in [9.17, 15) is 4.79 Å². The van der Waals surface area contributed by atoms with Gasteiger partial charge in [0.05, 0.1) is 6.04 Å². The zero-order valence-corrected chi connectivity index (χ0v) is 5.97. The number of hydrogen-bond acceptors (Lipinski definition) is 1. The van der Waals surface area contributed by atoms with Gasteiger partial charge < -0.3 is 0 Å². The molecule has 1 aliphatic carbocycles. The van der Waals surface area contributed by atoms with E-state index in [1.54, 1.807) is 0 Å².